The van der Waals surface area contributed by atoms with Crippen LogP contribution in [0.1, 0.15) is 0 Å². The Morgan fingerprint density at radius 3 is 0.704 bits per heavy atom. The number of hydrogen-bond donors (Lipinski definition) is 0. The van der Waals surface area contributed by atoms with Crippen LogP contribution in [0.15, 0.2) is 437 Å². The lowest BCUT2D eigenvalue weighted by Crippen LogP contribution is -1.92. The van der Waals surface area contributed by atoms with E-state index < -0.39 is 0 Å². The minimum absolute atomic E-state index is 1.24. The Bertz CT molecular complexity index is 6750. The van der Waals surface area contributed by atoms with Crippen LogP contribution in [0.3, 0.4) is 0 Å². The molecular formula is C108H72. The van der Waals surface area contributed by atoms with Gasteiger partial charge in [0.05, 0.1) is 0 Å². The summed E-state index contributed by atoms with van der Waals surface area (Å²) in [5.74, 6) is 0. The molecule has 0 atom stereocenters. The average Bonchev–Trinajstić information content (AvgIpc) is 0.742. The first-order valence-electron chi connectivity index (χ1n) is 37.4. The first kappa shape index (κ1) is 64.8. The molecule has 0 heterocycles. The third-order valence-corrected chi connectivity index (χ3v) is 21.8. The molecule has 0 fully saturated rings. The van der Waals surface area contributed by atoms with Gasteiger partial charge in [-0.05, 0) is 209 Å². The molecule has 21 rings (SSSR count). The van der Waals surface area contributed by atoms with Crippen LogP contribution in [0.4, 0.5) is 0 Å². The van der Waals surface area contributed by atoms with Gasteiger partial charge in [0.15, 0.2) is 0 Å². The van der Waals surface area contributed by atoms with E-state index in [-0.39, 0.29) is 0 Å². The van der Waals surface area contributed by atoms with Crippen molar-refractivity contribution in [2.45, 2.75) is 0 Å². The minimum Gasteiger partial charge on any atom is -0.0622 e. The van der Waals surface area contributed by atoms with E-state index in [2.05, 4.69) is 437 Å². The van der Waals surface area contributed by atoms with Crippen LogP contribution in [0, 0.1) is 0 Å². The van der Waals surface area contributed by atoms with Crippen molar-refractivity contribution in [3.63, 3.8) is 0 Å². The summed E-state index contributed by atoms with van der Waals surface area (Å²) in [5, 5.41) is 23.1. The van der Waals surface area contributed by atoms with Crippen molar-refractivity contribution < 1.29 is 0 Å². The van der Waals surface area contributed by atoms with Crippen molar-refractivity contribution in [3.8, 4) is 100 Å². The van der Waals surface area contributed by atoms with E-state index in [1.165, 1.54) is 197 Å². The average molecular weight is 1370 g/mol. The molecule has 0 saturated carbocycles. The van der Waals surface area contributed by atoms with E-state index in [4.69, 9.17) is 0 Å². The highest BCUT2D eigenvalue weighted by Gasteiger charge is 2.22. The Labute approximate surface area is 629 Å². The molecule has 0 radical (unpaired) electrons. The summed E-state index contributed by atoms with van der Waals surface area (Å²) in [5.41, 5.74) is 22.8. The van der Waals surface area contributed by atoms with Crippen molar-refractivity contribution in [1.29, 1.82) is 0 Å². The first-order valence-corrected chi connectivity index (χ1v) is 37.4. The van der Waals surface area contributed by atoms with E-state index in [9.17, 15) is 0 Å². The van der Waals surface area contributed by atoms with Gasteiger partial charge in [-0.2, -0.15) is 0 Å². The number of rotatable bonds is 9. The van der Waals surface area contributed by atoms with Gasteiger partial charge < -0.3 is 0 Å². The Kier molecular flexibility index (Phi) is 17.1. The summed E-state index contributed by atoms with van der Waals surface area (Å²) >= 11 is 0. The zero-order valence-corrected chi connectivity index (χ0v) is 59.6. The van der Waals surface area contributed by atoms with Gasteiger partial charge in [-0.1, -0.05) is 425 Å². The molecule has 0 unspecified atom stereocenters. The fraction of sp³-hybridized carbons (Fsp3) is 0. The van der Waals surface area contributed by atoms with E-state index in [0.29, 0.717) is 0 Å². The molecule has 21 aromatic carbocycles. The van der Waals surface area contributed by atoms with Crippen molar-refractivity contribution in [1.82, 2.24) is 0 Å². The zero-order chi connectivity index (χ0) is 71.7. The maximum Gasteiger partial charge on any atom is -0.00201 e. The first-order chi connectivity index (χ1) is 53.6. The minimum atomic E-state index is 1.24. The lowest BCUT2D eigenvalue weighted by atomic mass is 9.84. The molecular weight excluding hydrogens is 1300 g/mol. The molecule has 504 valence electrons. The predicted molar refractivity (Wildman–Crippen MR) is 466 cm³/mol. The highest BCUT2D eigenvalue weighted by Crippen LogP contribution is 2.49. The Balaban J connectivity index is 0.000000110. The quantitative estimate of drug-likeness (QED) is 0.126. The standard InChI is InChI=1S/3C36H24/c1-2-12-27(13-3-1)35-31-16-6-8-18-33(31)36(34-19-9-7-17-32(34)35)28-23-21-26(22-24-28)30-20-10-14-25-11-4-5-15-29(25)30;1-2-11-27(12-3-1)35-31-14-6-8-16-33(31)36(34-17-9-7-15-32(34)35)28-21-18-26(19-22-28)30-23-20-25-10-4-5-13-29(25)24-30;1-2-13-26(14-3-1)35-31-18-8-10-20-33(31)36(34-21-11-9-19-32(34)35)30-17-7-6-16-29(30)28-23-22-25-12-4-5-15-27(25)24-28/h3*1-24H. The highest BCUT2D eigenvalue weighted by atomic mass is 14.2. The van der Waals surface area contributed by atoms with Crippen LogP contribution in [0.2, 0.25) is 0 Å². The molecule has 0 aromatic heterocycles. The Morgan fingerprint density at radius 1 is 0.0926 bits per heavy atom. The third-order valence-electron chi connectivity index (χ3n) is 21.8. The molecule has 0 aliphatic heterocycles. The smallest absolute Gasteiger partial charge is 0.00201 e. The van der Waals surface area contributed by atoms with Crippen molar-refractivity contribution in [2.75, 3.05) is 0 Å². The van der Waals surface area contributed by atoms with Gasteiger partial charge in [0.25, 0.3) is 0 Å². The van der Waals surface area contributed by atoms with E-state index in [0.717, 1.165) is 0 Å². The monoisotopic (exact) mass is 1370 g/mol. The second-order valence-corrected chi connectivity index (χ2v) is 28.0. The summed E-state index contributed by atoms with van der Waals surface area (Å²) in [6.07, 6.45) is 0. The van der Waals surface area contributed by atoms with Crippen LogP contribution in [-0.2, 0) is 0 Å². The molecule has 0 spiro atoms. The highest BCUT2D eigenvalue weighted by molar-refractivity contribution is 6.25. The van der Waals surface area contributed by atoms with Gasteiger partial charge >= 0.3 is 0 Å². The molecule has 21 aromatic rings. The number of benzene rings is 21. The van der Waals surface area contributed by atoms with Gasteiger partial charge in [-0.25, -0.2) is 0 Å². The molecule has 0 amide bonds. The van der Waals surface area contributed by atoms with E-state index >= 15 is 0 Å². The Morgan fingerprint density at radius 2 is 0.324 bits per heavy atom. The third kappa shape index (κ3) is 12.0. The van der Waals surface area contributed by atoms with Crippen molar-refractivity contribution in [2.24, 2.45) is 0 Å². The lowest BCUT2D eigenvalue weighted by Gasteiger charge is -2.19. The second-order valence-electron chi connectivity index (χ2n) is 28.0. The summed E-state index contributed by atoms with van der Waals surface area (Å²) in [6, 6.07) is 158. The van der Waals surface area contributed by atoms with E-state index in [1.54, 1.807) is 0 Å². The molecule has 0 bridgehead atoms. The van der Waals surface area contributed by atoms with Gasteiger partial charge in [0.2, 0.25) is 0 Å². The molecule has 108 heavy (non-hydrogen) atoms. The van der Waals surface area contributed by atoms with Crippen LogP contribution < -0.4 is 0 Å². The van der Waals surface area contributed by atoms with Crippen LogP contribution in [-0.4, -0.2) is 0 Å². The van der Waals surface area contributed by atoms with Crippen molar-refractivity contribution >= 4 is 97.0 Å². The largest absolute Gasteiger partial charge is 0.0622 e. The molecule has 0 N–H and O–H groups in total. The fourth-order valence-electron chi connectivity index (χ4n) is 16.8. The maximum atomic E-state index is 2.32. The molecule has 0 heteroatoms. The fourth-order valence-corrected chi connectivity index (χ4v) is 16.8. The van der Waals surface area contributed by atoms with Crippen LogP contribution >= 0.6 is 0 Å². The summed E-state index contributed by atoms with van der Waals surface area (Å²) in [4.78, 5) is 0. The zero-order valence-electron chi connectivity index (χ0n) is 59.6. The number of fused-ring (bicyclic) bond motifs is 9. The van der Waals surface area contributed by atoms with Gasteiger partial charge in [0, 0.05) is 0 Å². The molecule has 0 saturated heterocycles. The SMILES string of the molecule is c1ccc(-c2c3ccccc3c(-c3ccc(-c4ccc5ccccc5c4)cc3)c3ccccc23)cc1.c1ccc(-c2c3ccccc3c(-c3ccc(-c4cccc5ccccc45)cc3)c3ccccc23)cc1.c1ccc(-c2c3ccccc3c(-c3ccccc3-c3ccc4ccccc4c3)c3ccccc23)cc1. The molecule has 0 aliphatic carbocycles. The topological polar surface area (TPSA) is 0 Å². The molecule has 0 aliphatic rings. The van der Waals surface area contributed by atoms with Crippen LogP contribution in [0.25, 0.3) is 197 Å². The van der Waals surface area contributed by atoms with Crippen molar-refractivity contribution in [3.05, 3.63) is 437 Å². The van der Waals surface area contributed by atoms with E-state index in [1.807, 2.05) is 0 Å². The second kappa shape index (κ2) is 28.5. The Hall–Kier alpha value is -14.0. The summed E-state index contributed by atoms with van der Waals surface area (Å²) in [7, 11) is 0. The van der Waals surface area contributed by atoms with Gasteiger partial charge in [-0.3, -0.25) is 0 Å². The summed E-state index contributed by atoms with van der Waals surface area (Å²) in [6.45, 7) is 0. The summed E-state index contributed by atoms with van der Waals surface area (Å²) < 4.78 is 0. The predicted octanol–water partition coefficient (Wildman–Crippen LogP) is 30.4. The normalized spacial score (nSPS) is 11.3. The maximum absolute atomic E-state index is 2.32. The lowest BCUT2D eigenvalue weighted by molar-refractivity contribution is 1.62. The number of hydrogen-bond acceptors (Lipinski definition) is 0. The molecule has 0 nitrogen and oxygen atoms in total. The van der Waals surface area contributed by atoms with Gasteiger partial charge in [-0.15, -0.1) is 0 Å². The van der Waals surface area contributed by atoms with Gasteiger partial charge in [0.1, 0.15) is 0 Å². The van der Waals surface area contributed by atoms with Crippen LogP contribution in [0.5, 0.6) is 0 Å².